The van der Waals surface area contributed by atoms with E-state index in [4.69, 9.17) is 36.3 Å². The topological polar surface area (TPSA) is 97.1 Å². The van der Waals surface area contributed by atoms with Crippen molar-refractivity contribution >= 4 is 23.4 Å². The first-order valence-corrected chi connectivity index (χ1v) is 10.9. The molecule has 0 radical (unpaired) electrons. The number of benzene rings is 2. The summed E-state index contributed by atoms with van der Waals surface area (Å²) in [6, 6.07) is 12.7. The van der Waals surface area contributed by atoms with Crippen LogP contribution in [-0.4, -0.2) is 26.0 Å². The lowest BCUT2D eigenvalue weighted by molar-refractivity contribution is -0.136. The number of methoxy groups -OCH3 is 2. The van der Waals surface area contributed by atoms with Crippen molar-refractivity contribution in [3.8, 4) is 11.5 Å². The van der Waals surface area contributed by atoms with E-state index in [9.17, 15) is 9.59 Å². The number of Topliss-reactive ketones (excluding diaryl/α,β-unsaturated/α-hetero) is 1. The van der Waals surface area contributed by atoms with E-state index >= 15 is 0 Å². The molecule has 2 aromatic carbocycles. The van der Waals surface area contributed by atoms with Crippen molar-refractivity contribution in [3.05, 3.63) is 81.4 Å². The SMILES string of the molecule is COC(=O)C1=C(N)OC2=C(C(=O)CCC2)[C@@H]1c1ccc(OCc2ccccc2Cl)c(OC)c1. The van der Waals surface area contributed by atoms with Gasteiger partial charge in [-0.05, 0) is 30.2 Å². The Kier molecular flexibility index (Phi) is 6.60. The molecule has 33 heavy (non-hydrogen) atoms. The van der Waals surface area contributed by atoms with E-state index in [1.165, 1.54) is 14.2 Å². The highest BCUT2D eigenvalue weighted by Gasteiger charge is 2.41. The quantitative estimate of drug-likeness (QED) is 0.626. The fraction of sp³-hybridized carbons (Fsp3) is 0.280. The molecule has 0 unspecified atom stereocenters. The van der Waals surface area contributed by atoms with Gasteiger partial charge in [-0.3, -0.25) is 4.79 Å². The summed E-state index contributed by atoms with van der Waals surface area (Å²) in [6.07, 6.45) is 1.62. The van der Waals surface area contributed by atoms with Crippen molar-refractivity contribution in [2.75, 3.05) is 14.2 Å². The largest absolute Gasteiger partial charge is 0.493 e. The molecule has 8 heteroatoms. The van der Waals surface area contributed by atoms with Crippen LogP contribution in [0.5, 0.6) is 11.5 Å². The van der Waals surface area contributed by atoms with Gasteiger partial charge in [0.2, 0.25) is 5.88 Å². The summed E-state index contributed by atoms with van der Waals surface area (Å²) >= 11 is 6.22. The van der Waals surface area contributed by atoms with Gasteiger partial charge in [0.25, 0.3) is 0 Å². The smallest absolute Gasteiger partial charge is 0.340 e. The summed E-state index contributed by atoms with van der Waals surface area (Å²) in [7, 11) is 2.78. The van der Waals surface area contributed by atoms with Crippen LogP contribution in [0.2, 0.25) is 5.02 Å². The minimum atomic E-state index is -0.722. The highest BCUT2D eigenvalue weighted by atomic mass is 35.5. The second kappa shape index (κ2) is 9.58. The van der Waals surface area contributed by atoms with Gasteiger partial charge in [-0.1, -0.05) is 35.9 Å². The molecule has 2 aliphatic rings. The van der Waals surface area contributed by atoms with Crippen molar-refractivity contribution in [1.82, 2.24) is 0 Å². The number of allylic oxidation sites excluding steroid dienone is 2. The molecule has 1 heterocycles. The van der Waals surface area contributed by atoms with Crippen molar-refractivity contribution in [1.29, 1.82) is 0 Å². The fourth-order valence-electron chi connectivity index (χ4n) is 4.15. The zero-order valence-corrected chi connectivity index (χ0v) is 19.1. The van der Waals surface area contributed by atoms with Gasteiger partial charge < -0.3 is 24.7 Å². The van der Waals surface area contributed by atoms with Crippen LogP contribution in [0.15, 0.2) is 65.3 Å². The van der Waals surface area contributed by atoms with E-state index in [1.807, 2.05) is 18.2 Å². The Morgan fingerprint density at radius 3 is 2.67 bits per heavy atom. The Morgan fingerprint density at radius 1 is 1.15 bits per heavy atom. The Balaban J connectivity index is 1.73. The number of ether oxygens (including phenoxy) is 4. The number of hydrogen-bond donors (Lipinski definition) is 1. The minimum absolute atomic E-state index is 0.0571. The summed E-state index contributed by atoms with van der Waals surface area (Å²) in [5.74, 6) is -0.0694. The molecule has 0 aromatic heterocycles. The summed E-state index contributed by atoms with van der Waals surface area (Å²) in [5, 5.41) is 0.605. The van der Waals surface area contributed by atoms with Crippen LogP contribution in [0.1, 0.15) is 36.3 Å². The number of rotatable bonds is 6. The van der Waals surface area contributed by atoms with Crippen LogP contribution in [0.25, 0.3) is 0 Å². The van der Waals surface area contributed by atoms with Crippen LogP contribution in [0.4, 0.5) is 0 Å². The lowest BCUT2D eigenvalue weighted by atomic mass is 9.77. The van der Waals surface area contributed by atoms with Crippen LogP contribution >= 0.6 is 11.6 Å². The number of carbonyl (C=O) groups excluding carboxylic acids is 2. The number of nitrogens with two attached hydrogens (primary N) is 1. The molecule has 1 atom stereocenters. The summed E-state index contributed by atoms with van der Waals surface area (Å²) < 4.78 is 22.1. The third kappa shape index (κ3) is 4.41. The summed E-state index contributed by atoms with van der Waals surface area (Å²) in [4.78, 5) is 25.5. The van der Waals surface area contributed by atoms with Gasteiger partial charge >= 0.3 is 5.97 Å². The lowest BCUT2D eigenvalue weighted by Gasteiger charge is -2.32. The Bertz CT molecular complexity index is 1170. The van der Waals surface area contributed by atoms with E-state index in [2.05, 4.69) is 0 Å². The van der Waals surface area contributed by atoms with Crippen LogP contribution in [-0.2, 0) is 25.7 Å². The molecule has 0 fully saturated rings. The van der Waals surface area contributed by atoms with Crippen molar-refractivity contribution in [2.24, 2.45) is 5.73 Å². The van der Waals surface area contributed by atoms with Crippen LogP contribution < -0.4 is 15.2 Å². The van der Waals surface area contributed by atoms with E-state index in [1.54, 1.807) is 24.3 Å². The molecule has 2 N–H and O–H groups in total. The second-order valence-electron chi connectivity index (χ2n) is 7.71. The van der Waals surface area contributed by atoms with E-state index < -0.39 is 11.9 Å². The molecule has 0 amide bonds. The highest BCUT2D eigenvalue weighted by molar-refractivity contribution is 6.31. The maximum absolute atomic E-state index is 12.9. The van der Waals surface area contributed by atoms with Crippen molar-refractivity contribution in [3.63, 3.8) is 0 Å². The standard InChI is InChI=1S/C25H24ClNO6/c1-30-20-12-14(10-11-18(20)32-13-15-6-3-4-7-16(15)26)21-22-17(28)8-5-9-19(22)33-24(27)23(21)25(29)31-2/h3-4,6-7,10-12,21H,5,8-9,13,27H2,1-2H3/t21-/m0/s1. The molecule has 0 saturated heterocycles. The summed E-state index contributed by atoms with van der Waals surface area (Å²) in [6.45, 7) is 0.251. The first-order chi connectivity index (χ1) is 15.9. The van der Waals surface area contributed by atoms with Crippen molar-refractivity contribution in [2.45, 2.75) is 31.8 Å². The highest BCUT2D eigenvalue weighted by Crippen LogP contribution is 2.45. The number of hydrogen-bond acceptors (Lipinski definition) is 7. The van der Waals surface area contributed by atoms with E-state index in [-0.39, 0.29) is 23.8 Å². The van der Waals surface area contributed by atoms with Gasteiger partial charge in [-0.2, -0.15) is 0 Å². The average molecular weight is 470 g/mol. The van der Waals surface area contributed by atoms with Gasteiger partial charge in [0.1, 0.15) is 17.9 Å². The molecule has 0 spiro atoms. The monoisotopic (exact) mass is 469 g/mol. The molecule has 172 valence electrons. The molecule has 1 aliphatic carbocycles. The number of ketones is 1. The van der Waals surface area contributed by atoms with Gasteiger partial charge in [0, 0.05) is 29.0 Å². The number of esters is 1. The lowest BCUT2D eigenvalue weighted by Crippen LogP contribution is -2.31. The predicted molar refractivity (Wildman–Crippen MR) is 122 cm³/mol. The van der Waals surface area contributed by atoms with Gasteiger partial charge in [-0.15, -0.1) is 0 Å². The third-order valence-corrected chi connectivity index (χ3v) is 6.12. The Hall–Kier alpha value is -3.45. The van der Waals surface area contributed by atoms with Gasteiger partial charge in [0.05, 0.1) is 20.1 Å². The van der Waals surface area contributed by atoms with Crippen LogP contribution in [0, 0.1) is 0 Å². The second-order valence-corrected chi connectivity index (χ2v) is 8.12. The molecule has 0 saturated carbocycles. The number of halogens is 1. The Labute approximate surface area is 196 Å². The number of carbonyl (C=O) groups is 2. The molecule has 0 bridgehead atoms. The van der Waals surface area contributed by atoms with Gasteiger partial charge in [0.15, 0.2) is 17.3 Å². The fourth-order valence-corrected chi connectivity index (χ4v) is 4.34. The average Bonchev–Trinajstić information content (AvgIpc) is 2.82. The zero-order valence-electron chi connectivity index (χ0n) is 18.4. The van der Waals surface area contributed by atoms with E-state index in [0.717, 1.165) is 5.56 Å². The van der Waals surface area contributed by atoms with Crippen LogP contribution in [0.3, 0.4) is 0 Å². The predicted octanol–water partition coefficient (Wildman–Crippen LogP) is 4.39. The molecule has 1 aliphatic heterocycles. The van der Waals surface area contributed by atoms with E-state index in [0.29, 0.717) is 52.7 Å². The van der Waals surface area contributed by atoms with Gasteiger partial charge in [-0.25, -0.2) is 4.79 Å². The normalized spacial score (nSPS) is 17.9. The third-order valence-electron chi connectivity index (χ3n) is 5.75. The first-order valence-electron chi connectivity index (χ1n) is 10.5. The molecule has 2 aromatic rings. The Morgan fingerprint density at radius 2 is 1.94 bits per heavy atom. The first kappa shape index (κ1) is 22.7. The van der Waals surface area contributed by atoms with Crippen molar-refractivity contribution < 1.29 is 28.5 Å². The maximum atomic E-state index is 12.9. The molecule has 4 rings (SSSR count). The molecular formula is C25H24ClNO6. The maximum Gasteiger partial charge on any atom is 0.340 e. The summed E-state index contributed by atoms with van der Waals surface area (Å²) in [5.41, 5.74) is 8.11. The molecule has 7 nitrogen and oxygen atoms in total. The molecular weight excluding hydrogens is 446 g/mol. The minimum Gasteiger partial charge on any atom is -0.493 e. The zero-order chi connectivity index (χ0) is 23.5.